The number of benzene rings is 1. The lowest BCUT2D eigenvalue weighted by Crippen LogP contribution is -2.39. The second kappa shape index (κ2) is 7.78. The van der Waals surface area contributed by atoms with Crippen molar-refractivity contribution in [3.8, 4) is 5.75 Å². The Balaban J connectivity index is 2.68. The van der Waals surface area contributed by atoms with Gasteiger partial charge in [0.2, 0.25) is 0 Å². The van der Waals surface area contributed by atoms with Gasteiger partial charge in [0.15, 0.2) is 0 Å². The SMILES string of the molecule is COC(=O)C1=C(C(=O)OC)N(c2cc(C(C)(C)C)ccc2OC)COC1. The first-order chi connectivity index (χ1) is 12.2. The second-order valence-corrected chi connectivity index (χ2v) is 6.85. The molecule has 7 heteroatoms. The first kappa shape index (κ1) is 19.8. The Morgan fingerprint density at radius 3 is 2.27 bits per heavy atom. The Hall–Kier alpha value is -2.54. The minimum absolute atomic E-state index is 0.0329. The van der Waals surface area contributed by atoms with E-state index in [2.05, 4.69) is 20.8 Å². The number of methoxy groups -OCH3 is 3. The number of carbonyl (C=O) groups is 2. The van der Waals surface area contributed by atoms with Crippen LogP contribution in [0.2, 0.25) is 0 Å². The van der Waals surface area contributed by atoms with Gasteiger partial charge in [-0.05, 0) is 23.1 Å². The molecule has 0 atom stereocenters. The number of nitrogens with zero attached hydrogens (tertiary/aromatic N) is 1. The number of carbonyl (C=O) groups excluding carboxylic acids is 2. The molecular formula is C19H25NO6. The van der Waals surface area contributed by atoms with Crippen molar-refractivity contribution in [3.63, 3.8) is 0 Å². The van der Waals surface area contributed by atoms with Crippen LogP contribution in [-0.2, 0) is 29.2 Å². The molecule has 0 bridgehead atoms. The average Bonchev–Trinajstić information content (AvgIpc) is 2.64. The maximum absolute atomic E-state index is 12.4. The van der Waals surface area contributed by atoms with Gasteiger partial charge in [-0.1, -0.05) is 26.8 Å². The summed E-state index contributed by atoms with van der Waals surface area (Å²) in [5.41, 5.74) is 1.74. The summed E-state index contributed by atoms with van der Waals surface area (Å²) >= 11 is 0. The van der Waals surface area contributed by atoms with Crippen molar-refractivity contribution in [2.45, 2.75) is 26.2 Å². The van der Waals surface area contributed by atoms with Crippen LogP contribution in [0.5, 0.6) is 5.75 Å². The van der Waals surface area contributed by atoms with Crippen molar-refractivity contribution < 1.29 is 28.5 Å². The van der Waals surface area contributed by atoms with Crippen molar-refractivity contribution in [1.82, 2.24) is 0 Å². The summed E-state index contributed by atoms with van der Waals surface area (Å²) in [4.78, 5) is 26.1. The van der Waals surface area contributed by atoms with E-state index in [0.717, 1.165) is 5.56 Å². The molecule has 0 aromatic heterocycles. The van der Waals surface area contributed by atoms with Crippen LogP contribution in [0.3, 0.4) is 0 Å². The fourth-order valence-corrected chi connectivity index (χ4v) is 2.70. The third-order valence-electron chi connectivity index (χ3n) is 4.17. The van der Waals surface area contributed by atoms with Gasteiger partial charge in [0.1, 0.15) is 18.2 Å². The fourth-order valence-electron chi connectivity index (χ4n) is 2.70. The van der Waals surface area contributed by atoms with E-state index in [9.17, 15) is 9.59 Å². The average molecular weight is 363 g/mol. The highest BCUT2D eigenvalue weighted by Crippen LogP contribution is 2.37. The van der Waals surface area contributed by atoms with Crippen LogP contribution >= 0.6 is 0 Å². The van der Waals surface area contributed by atoms with E-state index in [-0.39, 0.29) is 30.0 Å². The van der Waals surface area contributed by atoms with Gasteiger partial charge < -0.3 is 23.8 Å². The molecule has 0 spiro atoms. The highest BCUT2D eigenvalue weighted by atomic mass is 16.5. The number of rotatable bonds is 4. The molecule has 0 aliphatic carbocycles. The summed E-state index contributed by atoms with van der Waals surface area (Å²) in [5.74, 6) is -0.730. The molecule has 0 saturated carbocycles. The second-order valence-electron chi connectivity index (χ2n) is 6.85. The number of hydrogen-bond donors (Lipinski definition) is 0. The van der Waals surface area contributed by atoms with Crippen LogP contribution in [0.25, 0.3) is 0 Å². The molecule has 142 valence electrons. The number of hydrogen-bond acceptors (Lipinski definition) is 7. The van der Waals surface area contributed by atoms with E-state index >= 15 is 0 Å². The van der Waals surface area contributed by atoms with Gasteiger partial charge in [0, 0.05) is 0 Å². The van der Waals surface area contributed by atoms with Crippen molar-refractivity contribution in [2.75, 3.05) is 39.6 Å². The number of ether oxygens (including phenoxy) is 4. The molecule has 0 amide bonds. The molecule has 1 aromatic rings. The molecule has 0 fully saturated rings. The quantitative estimate of drug-likeness (QED) is 0.760. The van der Waals surface area contributed by atoms with Crippen molar-refractivity contribution in [3.05, 3.63) is 35.0 Å². The Bertz CT molecular complexity index is 732. The summed E-state index contributed by atoms with van der Waals surface area (Å²) < 4.78 is 20.7. The molecule has 1 aliphatic rings. The van der Waals surface area contributed by atoms with Crippen LogP contribution in [0.1, 0.15) is 26.3 Å². The minimum Gasteiger partial charge on any atom is -0.495 e. The first-order valence-corrected chi connectivity index (χ1v) is 8.18. The summed E-state index contributed by atoms with van der Waals surface area (Å²) in [5, 5.41) is 0. The van der Waals surface area contributed by atoms with E-state index in [1.165, 1.54) is 14.2 Å². The van der Waals surface area contributed by atoms with Gasteiger partial charge in [-0.3, -0.25) is 0 Å². The standard InChI is InChI=1S/C19H25NO6/c1-19(2,3)12-7-8-15(23-4)14(9-12)20-11-26-10-13(17(21)24-5)16(20)18(22)25-6/h7-9H,10-11H2,1-6H3. The zero-order chi connectivity index (χ0) is 19.5. The maximum atomic E-state index is 12.4. The Labute approximate surface area is 153 Å². The highest BCUT2D eigenvalue weighted by molar-refractivity contribution is 6.03. The molecule has 2 rings (SSSR count). The zero-order valence-electron chi connectivity index (χ0n) is 16.0. The van der Waals surface area contributed by atoms with E-state index < -0.39 is 11.9 Å². The molecule has 1 aliphatic heterocycles. The number of esters is 2. The normalized spacial score (nSPS) is 14.9. The zero-order valence-corrected chi connectivity index (χ0v) is 16.0. The van der Waals surface area contributed by atoms with Gasteiger partial charge in [-0.25, -0.2) is 9.59 Å². The van der Waals surface area contributed by atoms with Crippen molar-refractivity contribution in [1.29, 1.82) is 0 Å². The van der Waals surface area contributed by atoms with Crippen LogP contribution in [0.4, 0.5) is 5.69 Å². The van der Waals surface area contributed by atoms with E-state index in [1.807, 2.05) is 18.2 Å². The predicted molar refractivity (Wildman–Crippen MR) is 96.1 cm³/mol. The summed E-state index contributed by atoms with van der Waals surface area (Å²) in [7, 11) is 4.06. The van der Waals surface area contributed by atoms with Gasteiger partial charge in [-0.2, -0.15) is 0 Å². The predicted octanol–water partition coefficient (Wildman–Crippen LogP) is 2.39. The highest BCUT2D eigenvalue weighted by Gasteiger charge is 2.34. The van der Waals surface area contributed by atoms with Crippen LogP contribution < -0.4 is 9.64 Å². The summed E-state index contributed by atoms with van der Waals surface area (Å²) in [6.07, 6.45) is 0. The van der Waals surface area contributed by atoms with Gasteiger partial charge in [0.05, 0.1) is 39.2 Å². The Morgan fingerprint density at radius 1 is 1.08 bits per heavy atom. The first-order valence-electron chi connectivity index (χ1n) is 8.18. The topological polar surface area (TPSA) is 74.3 Å². The molecule has 26 heavy (non-hydrogen) atoms. The molecular weight excluding hydrogens is 338 g/mol. The number of anilines is 1. The molecule has 7 nitrogen and oxygen atoms in total. The molecule has 1 aromatic carbocycles. The third kappa shape index (κ3) is 3.83. The maximum Gasteiger partial charge on any atom is 0.355 e. The lowest BCUT2D eigenvalue weighted by atomic mass is 9.86. The van der Waals surface area contributed by atoms with Crippen molar-refractivity contribution in [2.24, 2.45) is 0 Å². The lowest BCUT2D eigenvalue weighted by Gasteiger charge is -2.33. The van der Waals surface area contributed by atoms with Crippen molar-refractivity contribution >= 4 is 17.6 Å². The van der Waals surface area contributed by atoms with Crippen LogP contribution in [0, 0.1) is 0 Å². The van der Waals surface area contributed by atoms with E-state index in [1.54, 1.807) is 12.0 Å². The summed E-state index contributed by atoms with van der Waals surface area (Å²) in [6, 6.07) is 5.72. The Kier molecular flexibility index (Phi) is 5.92. The largest absolute Gasteiger partial charge is 0.495 e. The Morgan fingerprint density at radius 2 is 1.73 bits per heavy atom. The van der Waals surface area contributed by atoms with Crippen LogP contribution in [0.15, 0.2) is 29.5 Å². The molecule has 0 unspecified atom stereocenters. The van der Waals surface area contributed by atoms with Gasteiger partial charge in [0.25, 0.3) is 0 Å². The van der Waals surface area contributed by atoms with Gasteiger partial charge >= 0.3 is 11.9 Å². The molecule has 0 saturated heterocycles. The van der Waals surface area contributed by atoms with E-state index in [4.69, 9.17) is 18.9 Å². The molecule has 0 N–H and O–H groups in total. The monoisotopic (exact) mass is 363 g/mol. The minimum atomic E-state index is -0.642. The lowest BCUT2D eigenvalue weighted by molar-refractivity contribution is -0.140. The van der Waals surface area contributed by atoms with E-state index in [0.29, 0.717) is 11.4 Å². The third-order valence-corrected chi connectivity index (χ3v) is 4.17. The molecule has 1 heterocycles. The smallest absolute Gasteiger partial charge is 0.355 e. The summed E-state index contributed by atoms with van der Waals surface area (Å²) in [6.45, 7) is 6.30. The molecule has 0 radical (unpaired) electrons. The van der Waals surface area contributed by atoms with Gasteiger partial charge in [-0.15, -0.1) is 0 Å². The van der Waals surface area contributed by atoms with Crippen LogP contribution in [-0.4, -0.2) is 46.6 Å². The fraction of sp³-hybridized carbons (Fsp3) is 0.474.